The van der Waals surface area contributed by atoms with E-state index in [0.717, 1.165) is 18.9 Å². The molecule has 5 heteroatoms. The highest BCUT2D eigenvalue weighted by Crippen LogP contribution is 2.40. The first-order valence-electron chi connectivity index (χ1n) is 6.19. The summed E-state index contributed by atoms with van der Waals surface area (Å²) in [5.74, 6) is 0. The van der Waals surface area contributed by atoms with E-state index in [1.807, 2.05) is 0 Å². The quantitative estimate of drug-likeness (QED) is 0.892. The maximum atomic E-state index is 12.8. The summed E-state index contributed by atoms with van der Waals surface area (Å²) < 4.78 is 38.4. The van der Waals surface area contributed by atoms with Gasteiger partial charge in [-0.1, -0.05) is 13.3 Å². The number of anilines is 1. The first kappa shape index (κ1) is 13.7. The van der Waals surface area contributed by atoms with Crippen LogP contribution in [-0.4, -0.2) is 6.54 Å². The summed E-state index contributed by atoms with van der Waals surface area (Å²) in [6.45, 7) is 2.79. The van der Waals surface area contributed by atoms with Gasteiger partial charge >= 0.3 is 6.18 Å². The summed E-state index contributed by atoms with van der Waals surface area (Å²) in [6, 6.07) is 5.33. The molecule has 102 valence electrons. The minimum Gasteiger partial charge on any atom is -0.384 e. The van der Waals surface area contributed by atoms with Gasteiger partial charge in [0.05, 0.1) is 17.2 Å². The summed E-state index contributed by atoms with van der Waals surface area (Å²) >= 11 is 0. The van der Waals surface area contributed by atoms with Crippen molar-refractivity contribution in [3.63, 3.8) is 0 Å². The lowest BCUT2D eigenvalue weighted by molar-refractivity contribution is -0.137. The van der Waals surface area contributed by atoms with E-state index < -0.39 is 11.7 Å². The molecule has 0 aromatic heterocycles. The third kappa shape index (κ3) is 3.01. The first-order valence-corrected chi connectivity index (χ1v) is 6.19. The van der Waals surface area contributed by atoms with Crippen LogP contribution in [0.5, 0.6) is 0 Å². The second-order valence-electron chi connectivity index (χ2n) is 5.39. The molecule has 1 N–H and O–H groups in total. The van der Waals surface area contributed by atoms with E-state index in [4.69, 9.17) is 5.26 Å². The molecule has 1 aliphatic rings. The van der Waals surface area contributed by atoms with Gasteiger partial charge in [0.15, 0.2) is 0 Å². The van der Waals surface area contributed by atoms with Gasteiger partial charge < -0.3 is 5.32 Å². The molecule has 1 aromatic carbocycles. The van der Waals surface area contributed by atoms with E-state index >= 15 is 0 Å². The lowest BCUT2D eigenvalue weighted by atomic mass is 9.70. The van der Waals surface area contributed by atoms with E-state index in [-0.39, 0.29) is 11.0 Å². The minimum atomic E-state index is -4.50. The predicted octanol–water partition coefficient (Wildman–Crippen LogP) is 4.18. The summed E-state index contributed by atoms with van der Waals surface area (Å²) in [6.07, 6.45) is -1.12. The Bertz CT molecular complexity index is 510. The number of halogens is 3. The van der Waals surface area contributed by atoms with Crippen molar-refractivity contribution in [1.82, 2.24) is 0 Å². The number of nitriles is 1. The summed E-state index contributed by atoms with van der Waals surface area (Å²) in [5, 5.41) is 11.8. The summed E-state index contributed by atoms with van der Waals surface area (Å²) in [4.78, 5) is 0. The molecular weight excluding hydrogens is 253 g/mol. The van der Waals surface area contributed by atoms with Crippen LogP contribution in [0.25, 0.3) is 0 Å². The van der Waals surface area contributed by atoms with Gasteiger partial charge in [-0.3, -0.25) is 0 Å². The Morgan fingerprint density at radius 1 is 1.37 bits per heavy atom. The molecule has 2 nitrogen and oxygen atoms in total. The second kappa shape index (κ2) is 4.76. The van der Waals surface area contributed by atoms with E-state index in [1.54, 1.807) is 6.07 Å². The number of alkyl halides is 3. The Labute approximate surface area is 110 Å². The minimum absolute atomic E-state index is 0.187. The number of hydrogen-bond donors (Lipinski definition) is 1. The fourth-order valence-electron chi connectivity index (χ4n) is 2.26. The highest BCUT2D eigenvalue weighted by atomic mass is 19.4. The maximum Gasteiger partial charge on any atom is 0.417 e. The van der Waals surface area contributed by atoms with Crippen LogP contribution < -0.4 is 5.32 Å². The Morgan fingerprint density at radius 2 is 2.05 bits per heavy atom. The van der Waals surface area contributed by atoms with Crippen LogP contribution in [0.15, 0.2) is 18.2 Å². The van der Waals surface area contributed by atoms with Crippen molar-refractivity contribution in [2.45, 2.75) is 32.4 Å². The van der Waals surface area contributed by atoms with Crippen LogP contribution in [0.1, 0.15) is 37.3 Å². The van der Waals surface area contributed by atoms with E-state index in [0.29, 0.717) is 12.2 Å². The lowest BCUT2D eigenvalue weighted by Crippen LogP contribution is -2.33. The molecule has 2 rings (SSSR count). The third-order valence-corrected chi connectivity index (χ3v) is 3.73. The molecule has 0 heterocycles. The molecule has 0 spiro atoms. The van der Waals surface area contributed by atoms with Gasteiger partial charge in [0.25, 0.3) is 0 Å². The van der Waals surface area contributed by atoms with Crippen LogP contribution in [0.4, 0.5) is 18.9 Å². The molecule has 0 amide bonds. The van der Waals surface area contributed by atoms with Crippen LogP contribution in [0, 0.1) is 16.7 Å². The molecule has 1 aromatic rings. The van der Waals surface area contributed by atoms with Crippen molar-refractivity contribution in [2.75, 3.05) is 11.9 Å². The Morgan fingerprint density at radius 3 is 2.53 bits per heavy atom. The molecule has 0 unspecified atom stereocenters. The van der Waals surface area contributed by atoms with E-state index in [1.165, 1.54) is 18.6 Å². The zero-order valence-corrected chi connectivity index (χ0v) is 10.6. The van der Waals surface area contributed by atoms with Gasteiger partial charge in [0.2, 0.25) is 0 Å². The number of benzene rings is 1. The van der Waals surface area contributed by atoms with Gasteiger partial charge in [0.1, 0.15) is 0 Å². The van der Waals surface area contributed by atoms with Crippen LogP contribution in [-0.2, 0) is 6.18 Å². The van der Waals surface area contributed by atoms with Crippen molar-refractivity contribution in [3.05, 3.63) is 29.3 Å². The number of nitrogens with zero attached hydrogens (tertiary/aromatic N) is 1. The molecule has 0 saturated heterocycles. The van der Waals surface area contributed by atoms with E-state index in [9.17, 15) is 13.2 Å². The van der Waals surface area contributed by atoms with Crippen molar-refractivity contribution in [1.29, 1.82) is 5.26 Å². The normalized spacial score (nSPS) is 17.4. The Hall–Kier alpha value is -1.70. The molecular formula is C14H15F3N2. The Balaban J connectivity index is 2.16. The lowest BCUT2D eigenvalue weighted by Gasteiger charge is -2.38. The largest absolute Gasteiger partial charge is 0.417 e. The average molecular weight is 268 g/mol. The van der Waals surface area contributed by atoms with Crippen LogP contribution in [0.2, 0.25) is 0 Å². The van der Waals surface area contributed by atoms with Crippen molar-refractivity contribution in [3.8, 4) is 6.07 Å². The third-order valence-electron chi connectivity index (χ3n) is 3.73. The smallest absolute Gasteiger partial charge is 0.384 e. The van der Waals surface area contributed by atoms with Crippen molar-refractivity contribution >= 4 is 5.69 Å². The number of hydrogen-bond acceptors (Lipinski definition) is 2. The van der Waals surface area contributed by atoms with Crippen molar-refractivity contribution < 1.29 is 13.2 Å². The molecule has 19 heavy (non-hydrogen) atoms. The Kier molecular flexibility index (Phi) is 3.44. The molecule has 0 atom stereocenters. The van der Waals surface area contributed by atoms with Gasteiger partial charge in [-0.15, -0.1) is 0 Å². The zero-order valence-electron chi connectivity index (χ0n) is 10.6. The summed E-state index contributed by atoms with van der Waals surface area (Å²) in [5.41, 5.74) is -0.613. The van der Waals surface area contributed by atoms with Gasteiger partial charge in [-0.2, -0.15) is 18.4 Å². The maximum absolute atomic E-state index is 12.8. The first-order chi connectivity index (χ1) is 8.84. The monoisotopic (exact) mass is 268 g/mol. The van der Waals surface area contributed by atoms with Gasteiger partial charge in [-0.05, 0) is 36.5 Å². The topological polar surface area (TPSA) is 35.8 Å². The predicted molar refractivity (Wildman–Crippen MR) is 66.6 cm³/mol. The van der Waals surface area contributed by atoms with Crippen molar-refractivity contribution in [2.24, 2.45) is 5.41 Å². The SMILES string of the molecule is CC1(CNc2ccc(C#N)c(C(F)(F)F)c2)CCC1. The fraction of sp³-hybridized carbons (Fsp3) is 0.500. The molecule has 1 aliphatic carbocycles. The zero-order chi connectivity index (χ0) is 14.1. The molecule has 0 aliphatic heterocycles. The fourth-order valence-corrected chi connectivity index (χ4v) is 2.26. The molecule has 0 radical (unpaired) electrons. The van der Waals surface area contributed by atoms with Gasteiger partial charge in [-0.25, -0.2) is 0 Å². The average Bonchev–Trinajstić information content (AvgIpc) is 2.32. The highest BCUT2D eigenvalue weighted by Gasteiger charge is 2.34. The van der Waals surface area contributed by atoms with E-state index in [2.05, 4.69) is 12.2 Å². The molecule has 0 bridgehead atoms. The molecule has 1 fully saturated rings. The number of nitrogens with one attached hydrogen (secondary N) is 1. The van der Waals surface area contributed by atoms with Crippen LogP contribution >= 0.6 is 0 Å². The summed E-state index contributed by atoms with van der Waals surface area (Å²) in [7, 11) is 0. The van der Waals surface area contributed by atoms with Crippen LogP contribution in [0.3, 0.4) is 0 Å². The highest BCUT2D eigenvalue weighted by molar-refractivity contribution is 5.53. The molecule has 1 saturated carbocycles. The van der Waals surface area contributed by atoms with Gasteiger partial charge in [0, 0.05) is 12.2 Å². The second-order valence-corrected chi connectivity index (χ2v) is 5.39. The number of rotatable bonds is 3. The standard InChI is InChI=1S/C14H15F3N2/c1-13(5-2-6-13)9-19-11-4-3-10(8-18)12(7-11)14(15,16)17/h3-4,7,19H,2,5-6,9H2,1H3.